The van der Waals surface area contributed by atoms with Gasteiger partial charge in [0.15, 0.2) is 5.96 Å². The van der Waals surface area contributed by atoms with E-state index >= 15 is 0 Å². The van der Waals surface area contributed by atoms with E-state index in [0.717, 1.165) is 31.2 Å². The zero-order chi connectivity index (χ0) is 16.5. The molecule has 23 heavy (non-hydrogen) atoms. The molecule has 1 rings (SSSR count). The average Bonchev–Trinajstić information content (AvgIpc) is 2.94. The summed E-state index contributed by atoms with van der Waals surface area (Å²) < 4.78 is 2.07. The minimum Gasteiger partial charge on any atom is -0.354 e. The van der Waals surface area contributed by atoms with Gasteiger partial charge in [0, 0.05) is 25.0 Å². The van der Waals surface area contributed by atoms with Crippen LogP contribution in [0.5, 0.6) is 0 Å². The minimum atomic E-state index is 0. The van der Waals surface area contributed by atoms with E-state index < -0.39 is 0 Å². The van der Waals surface area contributed by atoms with Crippen LogP contribution in [-0.4, -0.2) is 39.4 Å². The first-order valence-electron chi connectivity index (χ1n) is 8.42. The van der Waals surface area contributed by atoms with Crippen molar-refractivity contribution < 1.29 is 0 Å². The van der Waals surface area contributed by atoms with Gasteiger partial charge in [-0.3, -0.25) is 4.99 Å². The maximum atomic E-state index is 4.70. The molecule has 0 aliphatic heterocycles. The summed E-state index contributed by atoms with van der Waals surface area (Å²) in [5.74, 6) is 2.46. The molecule has 2 unspecified atom stereocenters. The van der Waals surface area contributed by atoms with E-state index in [1.165, 1.54) is 0 Å². The fourth-order valence-corrected chi connectivity index (χ4v) is 1.86. The zero-order valence-corrected chi connectivity index (χ0v) is 17.7. The van der Waals surface area contributed by atoms with Crippen LogP contribution in [-0.2, 0) is 13.0 Å². The van der Waals surface area contributed by atoms with Gasteiger partial charge in [0.25, 0.3) is 0 Å². The predicted octanol–water partition coefficient (Wildman–Crippen LogP) is 2.84. The molecule has 0 saturated heterocycles. The van der Waals surface area contributed by atoms with Crippen molar-refractivity contribution in [3.63, 3.8) is 0 Å². The Balaban J connectivity index is 0.00000484. The maximum Gasteiger partial charge on any atom is 0.191 e. The van der Waals surface area contributed by atoms with Crippen LogP contribution in [0.4, 0.5) is 0 Å². The lowest BCUT2D eigenvalue weighted by Gasteiger charge is -2.23. The quantitative estimate of drug-likeness (QED) is 0.374. The second-order valence-electron chi connectivity index (χ2n) is 6.16. The van der Waals surface area contributed by atoms with Crippen LogP contribution in [0.2, 0.25) is 0 Å². The Labute approximate surface area is 158 Å². The van der Waals surface area contributed by atoms with Crippen LogP contribution in [0.15, 0.2) is 11.3 Å². The van der Waals surface area contributed by atoms with Crippen LogP contribution in [0.3, 0.4) is 0 Å². The van der Waals surface area contributed by atoms with Crippen molar-refractivity contribution in [2.24, 2.45) is 10.9 Å². The molecule has 0 spiro atoms. The molecule has 0 fully saturated rings. The number of rotatable bonds is 8. The van der Waals surface area contributed by atoms with Crippen molar-refractivity contribution in [1.82, 2.24) is 25.4 Å². The third-order valence-corrected chi connectivity index (χ3v) is 3.98. The van der Waals surface area contributed by atoms with Gasteiger partial charge in [0.2, 0.25) is 0 Å². The van der Waals surface area contributed by atoms with Crippen LogP contribution in [0.25, 0.3) is 0 Å². The molecule has 0 amide bonds. The minimum absolute atomic E-state index is 0. The molecular formula is C16H33IN6. The van der Waals surface area contributed by atoms with Gasteiger partial charge in [0.05, 0.1) is 6.54 Å². The number of guanidine groups is 1. The molecule has 1 heterocycles. The monoisotopic (exact) mass is 436 g/mol. The first-order chi connectivity index (χ1) is 10.5. The molecule has 0 aromatic carbocycles. The molecule has 7 heteroatoms. The lowest BCUT2D eigenvalue weighted by Crippen LogP contribution is -2.47. The standard InChI is InChI=1S/C16H32N6.HI/c1-7-13(5)19-16(20-14(6)12(3)4)17-9-10-22-11-18-21-15(22)8-2;/h11-14H,7-10H2,1-6H3,(H2,17,19,20);1H. The number of aromatic nitrogens is 3. The third-order valence-electron chi connectivity index (χ3n) is 3.98. The molecule has 1 aromatic heterocycles. The molecule has 134 valence electrons. The average molecular weight is 436 g/mol. The summed E-state index contributed by atoms with van der Waals surface area (Å²) in [4.78, 5) is 4.70. The summed E-state index contributed by atoms with van der Waals surface area (Å²) in [6.07, 6.45) is 3.74. The second-order valence-corrected chi connectivity index (χ2v) is 6.16. The highest BCUT2D eigenvalue weighted by Crippen LogP contribution is 2.00. The summed E-state index contributed by atoms with van der Waals surface area (Å²) in [5.41, 5.74) is 0. The fraction of sp³-hybridized carbons (Fsp3) is 0.812. The lowest BCUT2D eigenvalue weighted by molar-refractivity contribution is 0.474. The highest BCUT2D eigenvalue weighted by molar-refractivity contribution is 14.0. The van der Waals surface area contributed by atoms with Gasteiger partial charge in [-0.05, 0) is 26.2 Å². The van der Waals surface area contributed by atoms with Crippen molar-refractivity contribution in [1.29, 1.82) is 0 Å². The summed E-state index contributed by atoms with van der Waals surface area (Å²) in [5, 5.41) is 15.0. The normalized spacial score (nSPS) is 14.3. The zero-order valence-electron chi connectivity index (χ0n) is 15.3. The maximum absolute atomic E-state index is 4.70. The van der Waals surface area contributed by atoms with Gasteiger partial charge >= 0.3 is 0 Å². The number of hydrogen-bond donors (Lipinski definition) is 2. The Kier molecular flexibility index (Phi) is 11.2. The number of aryl methyl sites for hydroxylation is 1. The number of hydrogen-bond acceptors (Lipinski definition) is 3. The van der Waals surface area contributed by atoms with E-state index in [4.69, 9.17) is 4.99 Å². The van der Waals surface area contributed by atoms with E-state index in [9.17, 15) is 0 Å². The molecule has 6 nitrogen and oxygen atoms in total. The molecule has 1 aromatic rings. The second kappa shape index (κ2) is 11.6. The van der Waals surface area contributed by atoms with Gasteiger partial charge < -0.3 is 15.2 Å². The van der Waals surface area contributed by atoms with E-state index in [1.54, 1.807) is 6.33 Å². The van der Waals surface area contributed by atoms with Gasteiger partial charge in [-0.15, -0.1) is 34.2 Å². The summed E-state index contributed by atoms with van der Waals surface area (Å²) in [6, 6.07) is 0.795. The van der Waals surface area contributed by atoms with E-state index in [0.29, 0.717) is 24.5 Å². The van der Waals surface area contributed by atoms with Crippen molar-refractivity contribution in [3.05, 3.63) is 12.2 Å². The Bertz CT molecular complexity index is 457. The number of aliphatic imine (C=N–C) groups is 1. The topological polar surface area (TPSA) is 67.1 Å². The van der Waals surface area contributed by atoms with Crippen LogP contribution < -0.4 is 10.6 Å². The largest absolute Gasteiger partial charge is 0.354 e. The Morgan fingerprint density at radius 2 is 1.91 bits per heavy atom. The predicted molar refractivity (Wildman–Crippen MR) is 107 cm³/mol. The Morgan fingerprint density at radius 1 is 1.22 bits per heavy atom. The third kappa shape index (κ3) is 7.99. The van der Waals surface area contributed by atoms with Crippen molar-refractivity contribution in [2.45, 2.75) is 73.0 Å². The first kappa shape index (κ1) is 22.1. The van der Waals surface area contributed by atoms with Crippen LogP contribution in [0, 0.1) is 5.92 Å². The molecule has 0 saturated carbocycles. The van der Waals surface area contributed by atoms with E-state index in [2.05, 4.69) is 66.9 Å². The first-order valence-corrected chi connectivity index (χ1v) is 8.42. The summed E-state index contributed by atoms with van der Waals surface area (Å²) >= 11 is 0. The number of nitrogens with one attached hydrogen (secondary N) is 2. The number of halogens is 1. The smallest absolute Gasteiger partial charge is 0.191 e. The molecule has 0 aliphatic carbocycles. The molecule has 0 bridgehead atoms. The van der Waals surface area contributed by atoms with Crippen molar-refractivity contribution >= 4 is 29.9 Å². The van der Waals surface area contributed by atoms with E-state index in [-0.39, 0.29) is 24.0 Å². The van der Waals surface area contributed by atoms with Crippen molar-refractivity contribution in [2.75, 3.05) is 6.54 Å². The van der Waals surface area contributed by atoms with Gasteiger partial charge in [-0.1, -0.05) is 27.7 Å². The highest BCUT2D eigenvalue weighted by atomic mass is 127. The van der Waals surface area contributed by atoms with E-state index in [1.807, 2.05) is 0 Å². The molecular weight excluding hydrogens is 403 g/mol. The Hall–Kier alpha value is -0.860. The fourth-order valence-electron chi connectivity index (χ4n) is 1.86. The molecule has 0 radical (unpaired) electrons. The van der Waals surface area contributed by atoms with Crippen molar-refractivity contribution in [3.8, 4) is 0 Å². The summed E-state index contributed by atoms with van der Waals surface area (Å²) in [7, 11) is 0. The van der Waals surface area contributed by atoms with Gasteiger partial charge in [0.1, 0.15) is 12.2 Å². The van der Waals surface area contributed by atoms with Gasteiger partial charge in [-0.25, -0.2) is 0 Å². The lowest BCUT2D eigenvalue weighted by atomic mass is 10.1. The highest BCUT2D eigenvalue weighted by Gasteiger charge is 2.11. The summed E-state index contributed by atoms with van der Waals surface area (Å²) in [6.45, 7) is 14.6. The Morgan fingerprint density at radius 3 is 2.48 bits per heavy atom. The number of nitrogens with zero attached hydrogens (tertiary/aromatic N) is 4. The van der Waals surface area contributed by atoms with Gasteiger partial charge in [-0.2, -0.15) is 0 Å². The van der Waals surface area contributed by atoms with Crippen LogP contribution >= 0.6 is 24.0 Å². The molecule has 2 N–H and O–H groups in total. The molecule has 0 aliphatic rings. The SMILES string of the molecule is CCc1nncn1CCN=C(NC(C)CC)NC(C)C(C)C.I. The van der Waals surface area contributed by atoms with Crippen LogP contribution in [0.1, 0.15) is 53.8 Å². The molecule has 2 atom stereocenters.